The van der Waals surface area contributed by atoms with E-state index >= 15 is 0 Å². The zero-order valence-corrected chi connectivity index (χ0v) is 12.2. The van der Waals surface area contributed by atoms with E-state index in [4.69, 9.17) is 5.73 Å². The molecule has 0 spiro atoms. The largest absolute Gasteiger partial charge is 0.399 e. The van der Waals surface area contributed by atoms with Crippen LogP contribution in [0.5, 0.6) is 0 Å². The summed E-state index contributed by atoms with van der Waals surface area (Å²) < 4.78 is 2.13. The van der Waals surface area contributed by atoms with Crippen LogP contribution in [0.1, 0.15) is 18.9 Å². The molecule has 0 unspecified atom stereocenters. The molecule has 0 aliphatic rings. The quantitative estimate of drug-likeness (QED) is 0.729. The Hall–Kier alpha value is -2.49. The number of nitrogen functional groups attached to an aromatic ring is 1. The molecule has 108 valence electrons. The lowest BCUT2D eigenvalue weighted by atomic mass is 10.2. The number of nitrogens with two attached hydrogens (primary N) is 1. The maximum atomic E-state index is 5.89. The summed E-state index contributed by atoms with van der Waals surface area (Å²) in [5.41, 5.74) is 8.89. The number of benzene rings is 1. The van der Waals surface area contributed by atoms with Gasteiger partial charge in [0.15, 0.2) is 0 Å². The Balaban J connectivity index is 1.96. The van der Waals surface area contributed by atoms with Gasteiger partial charge < -0.3 is 10.6 Å². The lowest BCUT2D eigenvalue weighted by Gasteiger charge is -2.25. The minimum absolute atomic E-state index is 0.810. The third-order valence-corrected chi connectivity index (χ3v) is 3.55. The first-order chi connectivity index (χ1) is 10.3. The third kappa shape index (κ3) is 2.84. The Morgan fingerprint density at radius 3 is 2.86 bits per heavy atom. The fourth-order valence-corrected chi connectivity index (χ4v) is 2.65. The molecule has 3 rings (SSSR count). The van der Waals surface area contributed by atoms with Crippen molar-refractivity contribution in [1.82, 2.24) is 9.38 Å². The van der Waals surface area contributed by atoms with Gasteiger partial charge in [-0.1, -0.05) is 25.1 Å². The molecule has 0 aliphatic carbocycles. The van der Waals surface area contributed by atoms with Crippen LogP contribution in [-0.2, 0) is 6.54 Å². The van der Waals surface area contributed by atoms with Crippen molar-refractivity contribution in [2.24, 2.45) is 0 Å². The Kier molecular flexibility index (Phi) is 3.77. The number of aromatic nitrogens is 2. The summed E-state index contributed by atoms with van der Waals surface area (Å²) >= 11 is 0. The van der Waals surface area contributed by atoms with Crippen LogP contribution in [0.25, 0.3) is 5.65 Å². The average Bonchev–Trinajstić information content (AvgIpc) is 2.95. The standard InChI is InChI=1S/C17H20N4/c1-2-10-20(13-14-5-3-6-15(18)12-14)17-8-4-7-16-19-9-11-21(16)17/h3-9,11-12H,2,10,13,18H2,1H3. The van der Waals surface area contributed by atoms with Crippen LogP contribution in [0.2, 0.25) is 0 Å². The van der Waals surface area contributed by atoms with E-state index in [1.807, 2.05) is 36.7 Å². The van der Waals surface area contributed by atoms with E-state index < -0.39 is 0 Å². The van der Waals surface area contributed by atoms with Crippen molar-refractivity contribution in [3.05, 3.63) is 60.4 Å². The molecule has 2 N–H and O–H groups in total. The van der Waals surface area contributed by atoms with Gasteiger partial charge in [0.2, 0.25) is 0 Å². The van der Waals surface area contributed by atoms with E-state index in [9.17, 15) is 0 Å². The van der Waals surface area contributed by atoms with Crippen molar-refractivity contribution in [1.29, 1.82) is 0 Å². The Morgan fingerprint density at radius 1 is 1.19 bits per heavy atom. The summed E-state index contributed by atoms with van der Waals surface area (Å²) in [6.07, 6.45) is 4.93. The number of fused-ring (bicyclic) bond motifs is 1. The molecule has 2 heterocycles. The van der Waals surface area contributed by atoms with E-state index in [0.29, 0.717) is 0 Å². The highest BCUT2D eigenvalue weighted by molar-refractivity contribution is 5.52. The first kappa shape index (κ1) is 13.5. The molecule has 0 saturated carbocycles. The van der Waals surface area contributed by atoms with E-state index in [-0.39, 0.29) is 0 Å². The summed E-state index contributed by atoms with van der Waals surface area (Å²) in [5, 5.41) is 0. The van der Waals surface area contributed by atoms with Gasteiger partial charge in [-0.05, 0) is 36.2 Å². The SMILES string of the molecule is CCCN(Cc1cccc(N)c1)c1cccc2nccn12. The van der Waals surface area contributed by atoms with Crippen LogP contribution in [-0.4, -0.2) is 15.9 Å². The van der Waals surface area contributed by atoms with Gasteiger partial charge in [0, 0.05) is 31.2 Å². The molecule has 2 aromatic heterocycles. The van der Waals surface area contributed by atoms with Crippen molar-refractivity contribution in [3.63, 3.8) is 0 Å². The van der Waals surface area contributed by atoms with Gasteiger partial charge in [0.25, 0.3) is 0 Å². The van der Waals surface area contributed by atoms with Crippen molar-refractivity contribution in [2.75, 3.05) is 17.2 Å². The molecular formula is C17H20N4. The van der Waals surface area contributed by atoms with Crippen LogP contribution < -0.4 is 10.6 Å². The van der Waals surface area contributed by atoms with E-state index in [0.717, 1.165) is 36.7 Å². The molecule has 0 radical (unpaired) electrons. The van der Waals surface area contributed by atoms with Crippen LogP contribution in [0.15, 0.2) is 54.9 Å². The highest BCUT2D eigenvalue weighted by atomic mass is 15.2. The number of anilines is 2. The van der Waals surface area contributed by atoms with Crippen LogP contribution >= 0.6 is 0 Å². The maximum Gasteiger partial charge on any atom is 0.138 e. The predicted octanol–water partition coefficient (Wildman–Crippen LogP) is 3.33. The normalized spacial score (nSPS) is 10.9. The number of imidazole rings is 1. The molecule has 0 atom stereocenters. The second-order valence-electron chi connectivity index (χ2n) is 5.21. The molecule has 0 fully saturated rings. The highest BCUT2D eigenvalue weighted by Gasteiger charge is 2.10. The number of hydrogen-bond acceptors (Lipinski definition) is 3. The average molecular weight is 280 g/mol. The van der Waals surface area contributed by atoms with Crippen molar-refractivity contribution >= 4 is 17.2 Å². The van der Waals surface area contributed by atoms with Gasteiger partial charge in [0.1, 0.15) is 11.5 Å². The highest BCUT2D eigenvalue weighted by Crippen LogP contribution is 2.20. The second-order valence-corrected chi connectivity index (χ2v) is 5.21. The van der Waals surface area contributed by atoms with Crippen molar-refractivity contribution < 1.29 is 0 Å². The third-order valence-electron chi connectivity index (χ3n) is 3.55. The van der Waals surface area contributed by atoms with Gasteiger partial charge in [-0.2, -0.15) is 0 Å². The van der Waals surface area contributed by atoms with Gasteiger partial charge in [-0.15, -0.1) is 0 Å². The number of rotatable bonds is 5. The fraction of sp³-hybridized carbons (Fsp3) is 0.235. The first-order valence-electron chi connectivity index (χ1n) is 7.29. The number of nitrogens with zero attached hydrogens (tertiary/aromatic N) is 3. The Bertz CT molecular complexity index is 732. The second kappa shape index (κ2) is 5.87. The van der Waals surface area contributed by atoms with E-state index in [1.54, 1.807) is 0 Å². The predicted molar refractivity (Wildman–Crippen MR) is 87.4 cm³/mol. The molecule has 0 bridgehead atoms. The summed E-state index contributed by atoms with van der Waals surface area (Å²) in [6.45, 7) is 4.03. The van der Waals surface area contributed by atoms with Crippen molar-refractivity contribution in [3.8, 4) is 0 Å². The summed E-state index contributed by atoms with van der Waals surface area (Å²) in [4.78, 5) is 6.72. The summed E-state index contributed by atoms with van der Waals surface area (Å²) in [7, 11) is 0. The summed E-state index contributed by atoms with van der Waals surface area (Å²) in [5.74, 6) is 1.16. The van der Waals surface area contributed by atoms with E-state index in [2.05, 4.69) is 39.4 Å². The topological polar surface area (TPSA) is 46.6 Å². The maximum absolute atomic E-state index is 5.89. The van der Waals surface area contributed by atoms with Crippen LogP contribution in [0.3, 0.4) is 0 Å². The minimum atomic E-state index is 0.810. The van der Waals surface area contributed by atoms with Gasteiger partial charge in [0.05, 0.1) is 0 Å². The lowest BCUT2D eigenvalue weighted by Crippen LogP contribution is -2.25. The smallest absolute Gasteiger partial charge is 0.138 e. The minimum Gasteiger partial charge on any atom is -0.399 e. The molecule has 1 aromatic carbocycles. The van der Waals surface area contributed by atoms with Gasteiger partial charge in [-0.25, -0.2) is 4.98 Å². The van der Waals surface area contributed by atoms with E-state index in [1.165, 1.54) is 5.56 Å². The number of pyridine rings is 1. The molecule has 0 aliphatic heterocycles. The Morgan fingerprint density at radius 2 is 2.05 bits per heavy atom. The number of hydrogen-bond donors (Lipinski definition) is 1. The zero-order valence-electron chi connectivity index (χ0n) is 12.2. The molecule has 0 saturated heterocycles. The molecule has 3 aromatic rings. The summed E-state index contributed by atoms with van der Waals surface area (Å²) in [6, 6.07) is 14.3. The van der Waals surface area contributed by atoms with Crippen LogP contribution in [0, 0.1) is 0 Å². The van der Waals surface area contributed by atoms with Crippen molar-refractivity contribution in [2.45, 2.75) is 19.9 Å². The molecular weight excluding hydrogens is 260 g/mol. The molecule has 4 heteroatoms. The first-order valence-corrected chi connectivity index (χ1v) is 7.29. The van der Waals surface area contributed by atoms with Gasteiger partial charge in [-0.3, -0.25) is 4.40 Å². The molecule has 4 nitrogen and oxygen atoms in total. The lowest BCUT2D eigenvalue weighted by molar-refractivity contribution is 0.749. The fourth-order valence-electron chi connectivity index (χ4n) is 2.65. The zero-order chi connectivity index (χ0) is 14.7. The molecule has 21 heavy (non-hydrogen) atoms. The van der Waals surface area contributed by atoms with Gasteiger partial charge >= 0.3 is 0 Å². The molecule has 0 amide bonds. The monoisotopic (exact) mass is 280 g/mol. The van der Waals surface area contributed by atoms with Crippen LogP contribution in [0.4, 0.5) is 11.5 Å². The Labute approximate surface area is 124 Å².